The Bertz CT molecular complexity index is 537. The Balaban J connectivity index is 2.13. The number of carboxylic acid groups (broad SMARTS) is 1. The number of carbonyl (C=O) groups excluding carboxylic acids is 2. The first-order chi connectivity index (χ1) is 9.49. The summed E-state index contributed by atoms with van der Waals surface area (Å²) in [4.78, 5) is 35.9. The highest BCUT2D eigenvalue weighted by molar-refractivity contribution is 5.93. The van der Waals surface area contributed by atoms with Crippen molar-refractivity contribution in [3.05, 3.63) is 24.0 Å². The number of rotatable bonds is 4. The molecule has 1 aromatic heterocycles. The number of aliphatic carboxylic acids is 1. The number of primary amides is 1. The molecular formula is C13H17N3O4. The van der Waals surface area contributed by atoms with Gasteiger partial charge in [0.05, 0.1) is 5.92 Å². The molecule has 2 rings (SSSR count). The van der Waals surface area contributed by atoms with Gasteiger partial charge < -0.3 is 20.3 Å². The summed E-state index contributed by atoms with van der Waals surface area (Å²) < 4.78 is 1.39. The molecule has 0 aliphatic carbocycles. The van der Waals surface area contributed by atoms with Gasteiger partial charge in [-0.25, -0.2) is 0 Å². The monoisotopic (exact) mass is 279 g/mol. The Hall–Kier alpha value is -2.31. The first-order valence-electron chi connectivity index (χ1n) is 6.44. The lowest BCUT2D eigenvalue weighted by atomic mass is 9.97. The van der Waals surface area contributed by atoms with E-state index in [1.165, 1.54) is 4.57 Å². The minimum Gasteiger partial charge on any atom is -0.480 e. The zero-order chi connectivity index (χ0) is 14.7. The number of nitrogens with two attached hydrogens (primary N) is 1. The van der Waals surface area contributed by atoms with Crippen molar-refractivity contribution in [3.8, 4) is 0 Å². The molecule has 1 aromatic rings. The van der Waals surface area contributed by atoms with E-state index in [-0.39, 0.29) is 18.4 Å². The zero-order valence-electron chi connectivity index (χ0n) is 11.0. The molecule has 0 spiro atoms. The minimum absolute atomic E-state index is 0.262. The molecule has 1 saturated heterocycles. The van der Waals surface area contributed by atoms with Crippen molar-refractivity contribution in [1.82, 2.24) is 9.47 Å². The van der Waals surface area contributed by atoms with E-state index < -0.39 is 11.9 Å². The van der Waals surface area contributed by atoms with Gasteiger partial charge in [0, 0.05) is 19.3 Å². The Kier molecular flexibility index (Phi) is 4.07. The summed E-state index contributed by atoms with van der Waals surface area (Å²) in [7, 11) is 0. The zero-order valence-corrected chi connectivity index (χ0v) is 11.0. The van der Waals surface area contributed by atoms with Crippen molar-refractivity contribution in [1.29, 1.82) is 0 Å². The average molecular weight is 279 g/mol. The smallest absolute Gasteiger partial charge is 0.323 e. The number of hydrogen-bond donors (Lipinski definition) is 2. The largest absolute Gasteiger partial charge is 0.480 e. The summed E-state index contributed by atoms with van der Waals surface area (Å²) >= 11 is 0. The van der Waals surface area contributed by atoms with Gasteiger partial charge >= 0.3 is 5.97 Å². The lowest BCUT2D eigenvalue weighted by Gasteiger charge is -2.31. The van der Waals surface area contributed by atoms with Crippen molar-refractivity contribution in [3.63, 3.8) is 0 Å². The molecule has 108 valence electrons. The van der Waals surface area contributed by atoms with Crippen molar-refractivity contribution >= 4 is 17.8 Å². The van der Waals surface area contributed by atoms with E-state index in [1.54, 1.807) is 23.2 Å². The quantitative estimate of drug-likeness (QED) is 0.803. The predicted octanol–water partition coefficient (Wildman–Crippen LogP) is -0.0898. The second-order valence-electron chi connectivity index (χ2n) is 4.91. The number of amides is 2. The number of hydrogen-bond acceptors (Lipinski definition) is 3. The van der Waals surface area contributed by atoms with E-state index in [0.29, 0.717) is 25.2 Å². The van der Waals surface area contributed by atoms with Gasteiger partial charge in [-0.2, -0.15) is 0 Å². The second kappa shape index (κ2) is 5.77. The first-order valence-corrected chi connectivity index (χ1v) is 6.44. The molecule has 1 fully saturated rings. The summed E-state index contributed by atoms with van der Waals surface area (Å²) in [5, 5.41) is 8.81. The first kappa shape index (κ1) is 14.1. The molecular weight excluding hydrogens is 262 g/mol. The number of carboxylic acids is 1. The lowest BCUT2D eigenvalue weighted by molar-refractivity contribution is -0.137. The Labute approximate surface area is 116 Å². The summed E-state index contributed by atoms with van der Waals surface area (Å²) in [6.45, 7) is 0.592. The summed E-state index contributed by atoms with van der Waals surface area (Å²) in [5.41, 5.74) is 5.60. The maximum atomic E-state index is 12.4. The normalized spacial score (nSPS) is 18.8. The van der Waals surface area contributed by atoms with Gasteiger partial charge in [0.2, 0.25) is 5.91 Å². The molecule has 0 radical (unpaired) electrons. The molecule has 1 aliphatic rings. The van der Waals surface area contributed by atoms with Crippen LogP contribution in [0.5, 0.6) is 0 Å². The molecule has 3 N–H and O–H groups in total. The maximum absolute atomic E-state index is 12.4. The van der Waals surface area contributed by atoms with Crippen LogP contribution in [-0.4, -0.2) is 45.4 Å². The second-order valence-corrected chi connectivity index (χ2v) is 4.91. The van der Waals surface area contributed by atoms with Gasteiger partial charge in [0.1, 0.15) is 12.2 Å². The lowest BCUT2D eigenvalue weighted by Crippen LogP contribution is -2.44. The van der Waals surface area contributed by atoms with Gasteiger partial charge in [0.15, 0.2) is 0 Å². The van der Waals surface area contributed by atoms with E-state index in [4.69, 9.17) is 10.8 Å². The van der Waals surface area contributed by atoms with Gasteiger partial charge in [0.25, 0.3) is 5.91 Å². The highest BCUT2D eigenvalue weighted by Crippen LogP contribution is 2.18. The molecule has 7 heteroatoms. The number of piperidine rings is 1. The molecule has 7 nitrogen and oxygen atoms in total. The summed E-state index contributed by atoms with van der Waals surface area (Å²) in [6, 6.07) is 3.21. The SMILES string of the molecule is NC(=O)C1CCCN(C(=O)c2cccn2CC(=O)O)C1. The van der Waals surface area contributed by atoms with Crippen LogP contribution in [0.2, 0.25) is 0 Å². The van der Waals surface area contributed by atoms with Gasteiger partial charge in [-0.3, -0.25) is 14.4 Å². The van der Waals surface area contributed by atoms with E-state index >= 15 is 0 Å². The van der Waals surface area contributed by atoms with Crippen LogP contribution in [0.4, 0.5) is 0 Å². The standard InChI is InChI=1S/C13H17N3O4/c14-12(19)9-3-1-6-16(7-9)13(20)10-4-2-5-15(10)8-11(17)18/h2,4-5,9H,1,3,6-8H2,(H2,14,19)(H,17,18). The molecule has 20 heavy (non-hydrogen) atoms. The van der Waals surface area contributed by atoms with E-state index in [1.807, 2.05) is 0 Å². The summed E-state index contributed by atoms with van der Waals surface area (Å²) in [6.07, 6.45) is 2.96. The van der Waals surface area contributed by atoms with Gasteiger partial charge in [-0.15, -0.1) is 0 Å². The molecule has 1 aliphatic heterocycles. The van der Waals surface area contributed by atoms with Crippen LogP contribution in [-0.2, 0) is 16.1 Å². The van der Waals surface area contributed by atoms with Crippen LogP contribution in [0.3, 0.4) is 0 Å². The highest BCUT2D eigenvalue weighted by Gasteiger charge is 2.28. The third-order valence-electron chi connectivity index (χ3n) is 3.47. The van der Waals surface area contributed by atoms with Crippen LogP contribution >= 0.6 is 0 Å². The summed E-state index contributed by atoms with van der Waals surface area (Å²) in [5.74, 6) is -2.00. The van der Waals surface area contributed by atoms with Crippen LogP contribution in [0.1, 0.15) is 23.3 Å². The number of nitrogens with zero attached hydrogens (tertiary/aromatic N) is 2. The van der Waals surface area contributed by atoms with E-state index in [0.717, 1.165) is 6.42 Å². The highest BCUT2D eigenvalue weighted by atomic mass is 16.4. The van der Waals surface area contributed by atoms with Crippen LogP contribution < -0.4 is 5.73 Å². The average Bonchev–Trinajstić information content (AvgIpc) is 2.85. The number of likely N-dealkylation sites (tertiary alicyclic amines) is 1. The van der Waals surface area contributed by atoms with Crippen molar-refractivity contribution < 1.29 is 19.5 Å². The predicted molar refractivity (Wildman–Crippen MR) is 69.9 cm³/mol. The molecule has 0 bridgehead atoms. The fourth-order valence-electron chi connectivity index (χ4n) is 2.45. The van der Waals surface area contributed by atoms with Crippen molar-refractivity contribution in [2.24, 2.45) is 11.7 Å². The van der Waals surface area contributed by atoms with Crippen LogP contribution in [0, 0.1) is 5.92 Å². The van der Waals surface area contributed by atoms with E-state index in [9.17, 15) is 14.4 Å². The third kappa shape index (κ3) is 2.98. The Morgan fingerprint density at radius 1 is 1.40 bits per heavy atom. The van der Waals surface area contributed by atoms with Crippen LogP contribution in [0.15, 0.2) is 18.3 Å². The van der Waals surface area contributed by atoms with Gasteiger partial charge in [-0.05, 0) is 25.0 Å². The fraction of sp³-hybridized carbons (Fsp3) is 0.462. The molecule has 0 aromatic carbocycles. The Morgan fingerprint density at radius 3 is 2.80 bits per heavy atom. The third-order valence-corrected chi connectivity index (χ3v) is 3.47. The van der Waals surface area contributed by atoms with Crippen LogP contribution in [0.25, 0.3) is 0 Å². The Morgan fingerprint density at radius 2 is 2.15 bits per heavy atom. The van der Waals surface area contributed by atoms with Gasteiger partial charge in [-0.1, -0.05) is 0 Å². The maximum Gasteiger partial charge on any atom is 0.323 e. The minimum atomic E-state index is -1.01. The molecule has 2 heterocycles. The van der Waals surface area contributed by atoms with E-state index in [2.05, 4.69) is 0 Å². The number of carbonyl (C=O) groups is 3. The number of aromatic nitrogens is 1. The molecule has 1 unspecified atom stereocenters. The van der Waals surface area contributed by atoms with Crippen molar-refractivity contribution in [2.75, 3.05) is 13.1 Å². The molecule has 2 amide bonds. The topological polar surface area (TPSA) is 106 Å². The fourth-order valence-corrected chi connectivity index (χ4v) is 2.45. The molecule has 0 saturated carbocycles. The molecule has 1 atom stereocenters. The van der Waals surface area contributed by atoms with Crippen molar-refractivity contribution in [2.45, 2.75) is 19.4 Å².